The molecule has 0 fully saturated rings. The summed E-state index contributed by atoms with van der Waals surface area (Å²) in [5.41, 5.74) is 0. The van der Waals surface area contributed by atoms with Gasteiger partial charge in [-0.1, -0.05) is 6.58 Å². The monoisotopic (exact) mass is 290 g/mol. The van der Waals surface area contributed by atoms with Crippen molar-refractivity contribution in [3.05, 3.63) is 12.7 Å². The highest BCUT2D eigenvalue weighted by Gasteiger charge is 2.35. The molecule has 0 aromatic heterocycles. The highest BCUT2D eigenvalue weighted by molar-refractivity contribution is 6.18. The third-order valence-corrected chi connectivity index (χ3v) is 2.02. The molecule has 0 saturated heterocycles. The number of carbonyl (C=O) groups is 1. The highest BCUT2D eigenvalue weighted by Crippen LogP contribution is 2.18. The number of carbonyl (C=O) groups excluding carboxylic acids is 1. The van der Waals surface area contributed by atoms with E-state index >= 15 is 0 Å². The number of rotatable bonds is 9. The van der Waals surface area contributed by atoms with E-state index in [1.165, 1.54) is 0 Å². The summed E-state index contributed by atoms with van der Waals surface area (Å²) in [4.78, 5) is 11.1. The van der Waals surface area contributed by atoms with Gasteiger partial charge in [0.2, 0.25) is 0 Å². The van der Waals surface area contributed by atoms with E-state index in [2.05, 4.69) is 6.58 Å². The average Bonchev–Trinajstić information content (AvgIpc) is 2.32. The number of ether oxygens (including phenoxy) is 3. The molecule has 0 atom stereocenters. The second-order valence-corrected chi connectivity index (χ2v) is 3.54. The van der Waals surface area contributed by atoms with Gasteiger partial charge in [0, 0.05) is 17.8 Å². The molecule has 0 bridgehead atoms. The molecule has 0 rings (SSSR count). The van der Waals surface area contributed by atoms with Crippen LogP contribution in [0.1, 0.15) is 0 Å². The topological polar surface area (TPSA) is 44.8 Å². The molecular formula is C9H13Cl3O4. The van der Waals surface area contributed by atoms with Crippen LogP contribution < -0.4 is 0 Å². The summed E-state index contributed by atoms with van der Waals surface area (Å²) in [5.74, 6) is -2.12. The van der Waals surface area contributed by atoms with E-state index in [1.54, 1.807) is 0 Å². The van der Waals surface area contributed by atoms with Crippen molar-refractivity contribution in [2.24, 2.45) is 0 Å². The Hall–Kier alpha value is -0.0000000000000000555. The van der Waals surface area contributed by atoms with Gasteiger partial charge in [-0.05, 0) is 0 Å². The quantitative estimate of drug-likeness (QED) is 0.282. The number of esters is 1. The van der Waals surface area contributed by atoms with E-state index < -0.39 is 11.9 Å². The smallest absolute Gasteiger partial charge is 0.343 e. The van der Waals surface area contributed by atoms with Crippen LogP contribution in [0.4, 0.5) is 0 Å². The van der Waals surface area contributed by atoms with Crippen molar-refractivity contribution < 1.29 is 19.0 Å². The summed E-state index contributed by atoms with van der Waals surface area (Å²) in [7, 11) is 0. The van der Waals surface area contributed by atoms with Crippen molar-refractivity contribution in [1.82, 2.24) is 0 Å². The molecule has 4 nitrogen and oxygen atoms in total. The van der Waals surface area contributed by atoms with Crippen LogP contribution in [0.5, 0.6) is 0 Å². The molecule has 0 heterocycles. The van der Waals surface area contributed by atoms with Crippen LogP contribution in [0.3, 0.4) is 0 Å². The van der Waals surface area contributed by atoms with Crippen molar-refractivity contribution in [2.75, 3.05) is 30.9 Å². The van der Waals surface area contributed by atoms with Crippen LogP contribution >= 0.6 is 34.8 Å². The summed E-state index contributed by atoms with van der Waals surface area (Å²) in [6.07, 6.45) is 0.982. The van der Waals surface area contributed by atoms with Crippen molar-refractivity contribution in [3.8, 4) is 0 Å². The number of alkyl halides is 3. The Kier molecular flexibility index (Phi) is 9.07. The maximum absolute atomic E-state index is 11.1. The predicted molar refractivity (Wildman–Crippen MR) is 63.1 cm³/mol. The van der Waals surface area contributed by atoms with Gasteiger partial charge in [-0.15, -0.1) is 34.8 Å². The minimum Gasteiger partial charge on any atom is -0.403 e. The second kappa shape index (κ2) is 9.07. The number of halogens is 3. The molecule has 16 heavy (non-hydrogen) atoms. The summed E-state index contributed by atoms with van der Waals surface area (Å²) in [5, 5.41) is 0. The van der Waals surface area contributed by atoms with Crippen molar-refractivity contribution in [3.63, 3.8) is 0 Å². The SMILES string of the molecule is C=CC(=O)OC(CCl)(OCCCl)OCCCl. The van der Waals surface area contributed by atoms with Gasteiger partial charge in [0.15, 0.2) is 0 Å². The average molecular weight is 292 g/mol. The first-order valence-corrected chi connectivity index (χ1v) is 6.05. The van der Waals surface area contributed by atoms with Crippen LogP contribution in [0.2, 0.25) is 0 Å². The van der Waals surface area contributed by atoms with Crippen molar-refractivity contribution in [2.45, 2.75) is 5.97 Å². The number of hydrogen-bond donors (Lipinski definition) is 0. The Morgan fingerprint density at radius 1 is 1.19 bits per heavy atom. The lowest BCUT2D eigenvalue weighted by molar-refractivity contribution is -0.344. The summed E-state index contributed by atoms with van der Waals surface area (Å²) >= 11 is 16.6. The first-order valence-electron chi connectivity index (χ1n) is 4.45. The lowest BCUT2D eigenvalue weighted by atomic mass is 10.5. The fraction of sp³-hybridized carbons (Fsp3) is 0.667. The Morgan fingerprint density at radius 2 is 1.69 bits per heavy atom. The minimum absolute atomic E-state index is 0.126. The standard InChI is InChI=1S/C9H13Cl3O4/c1-2-8(13)16-9(7-12,14-5-3-10)15-6-4-11/h2H,1,3-7H2. The Morgan fingerprint density at radius 3 is 2.00 bits per heavy atom. The lowest BCUT2D eigenvalue weighted by Gasteiger charge is -2.29. The van der Waals surface area contributed by atoms with Gasteiger partial charge < -0.3 is 14.2 Å². The molecule has 7 heteroatoms. The van der Waals surface area contributed by atoms with Gasteiger partial charge in [-0.3, -0.25) is 0 Å². The van der Waals surface area contributed by atoms with Crippen LogP contribution in [0, 0.1) is 0 Å². The maximum atomic E-state index is 11.1. The Bertz CT molecular complexity index is 215. The van der Waals surface area contributed by atoms with Crippen LogP contribution in [-0.4, -0.2) is 42.8 Å². The third-order valence-electron chi connectivity index (χ3n) is 1.38. The molecular weight excluding hydrogens is 278 g/mol. The molecule has 0 aliphatic heterocycles. The first kappa shape index (κ1) is 16.0. The van der Waals surface area contributed by atoms with Gasteiger partial charge in [-0.25, -0.2) is 4.79 Å². The summed E-state index contributed by atoms with van der Waals surface area (Å²) in [6, 6.07) is 0. The van der Waals surface area contributed by atoms with E-state index in [0.29, 0.717) is 0 Å². The third kappa shape index (κ3) is 5.92. The molecule has 0 saturated carbocycles. The number of hydrogen-bond acceptors (Lipinski definition) is 4. The van der Waals surface area contributed by atoms with Gasteiger partial charge >= 0.3 is 11.9 Å². The fourth-order valence-electron chi connectivity index (χ4n) is 0.788. The van der Waals surface area contributed by atoms with Gasteiger partial charge in [0.05, 0.1) is 13.2 Å². The van der Waals surface area contributed by atoms with Crippen LogP contribution in [0.25, 0.3) is 0 Å². The molecule has 0 radical (unpaired) electrons. The van der Waals surface area contributed by atoms with Crippen molar-refractivity contribution >= 4 is 40.8 Å². The molecule has 0 N–H and O–H groups in total. The van der Waals surface area contributed by atoms with E-state index in [-0.39, 0.29) is 30.9 Å². The largest absolute Gasteiger partial charge is 0.403 e. The molecule has 0 spiro atoms. The normalized spacial score (nSPS) is 11.2. The predicted octanol–water partition coefficient (Wildman–Crippen LogP) is 2.12. The van der Waals surface area contributed by atoms with Gasteiger partial charge in [0.25, 0.3) is 0 Å². The molecule has 0 aromatic carbocycles. The molecule has 0 aliphatic carbocycles. The van der Waals surface area contributed by atoms with Gasteiger partial charge in [0.1, 0.15) is 5.88 Å². The summed E-state index contributed by atoms with van der Waals surface area (Å²) in [6.45, 7) is 3.51. The minimum atomic E-state index is -1.66. The van der Waals surface area contributed by atoms with E-state index in [9.17, 15) is 4.79 Å². The zero-order valence-corrected chi connectivity index (χ0v) is 10.9. The lowest BCUT2D eigenvalue weighted by Crippen LogP contribution is -2.43. The summed E-state index contributed by atoms with van der Waals surface area (Å²) < 4.78 is 15.2. The Balaban J connectivity index is 4.51. The van der Waals surface area contributed by atoms with E-state index in [1.807, 2.05) is 0 Å². The Labute approximate surface area is 109 Å². The van der Waals surface area contributed by atoms with Crippen LogP contribution in [0.15, 0.2) is 12.7 Å². The zero-order chi connectivity index (χ0) is 12.4. The van der Waals surface area contributed by atoms with Crippen LogP contribution in [-0.2, 0) is 19.0 Å². The first-order chi connectivity index (χ1) is 7.64. The molecule has 0 aliphatic rings. The second-order valence-electron chi connectivity index (χ2n) is 2.52. The van der Waals surface area contributed by atoms with Gasteiger partial charge in [-0.2, -0.15) is 0 Å². The van der Waals surface area contributed by atoms with E-state index in [4.69, 9.17) is 49.0 Å². The molecule has 0 amide bonds. The molecule has 94 valence electrons. The molecule has 0 aromatic rings. The van der Waals surface area contributed by atoms with E-state index in [0.717, 1.165) is 6.08 Å². The fourth-order valence-corrected chi connectivity index (χ4v) is 1.15. The zero-order valence-electron chi connectivity index (χ0n) is 8.59. The highest BCUT2D eigenvalue weighted by atomic mass is 35.5. The maximum Gasteiger partial charge on any atom is 0.343 e. The van der Waals surface area contributed by atoms with Crippen molar-refractivity contribution in [1.29, 1.82) is 0 Å². The molecule has 0 unspecified atom stereocenters.